The van der Waals surface area contributed by atoms with Gasteiger partial charge in [0.05, 0.1) is 12.3 Å². The third-order valence-electron chi connectivity index (χ3n) is 4.51. The van der Waals surface area contributed by atoms with Crippen molar-refractivity contribution < 1.29 is 14.6 Å². The van der Waals surface area contributed by atoms with E-state index in [9.17, 15) is 9.90 Å². The van der Waals surface area contributed by atoms with Gasteiger partial charge >= 0.3 is 5.97 Å². The van der Waals surface area contributed by atoms with Crippen molar-refractivity contribution in [2.75, 3.05) is 6.61 Å². The van der Waals surface area contributed by atoms with E-state index in [0.29, 0.717) is 18.1 Å². The van der Waals surface area contributed by atoms with Crippen molar-refractivity contribution in [3.8, 4) is 16.8 Å². The van der Waals surface area contributed by atoms with Gasteiger partial charge in [0.15, 0.2) is 0 Å². The van der Waals surface area contributed by atoms with Gasteiger partial charge in [-0.3, -0.25) is 4.79 Å². The maximum atomic E-state index is 12.0. The third-order valence-corrected chi connectivity index (χ3v) is 4.51. The fourth-order valence-electron chi connectivity index (χ4n) is 3.04. The molecule has 0 aliphatic carbocycles. The number of carbonyl (C=O) groups is 1. The lowest BCUT2D eigenvalue weighted by Crippen LogP contribution is -2.16. The second-order valence-corrected chi connectivity index (χ2v) is 7.37. The van der Waals surface area contributed by atoms with E-state index >= 15 is 0 Å². The highest BCUT2D eigenvalue weighted by Gasteiger charge is 2.23. The predicted octanol–water partition coefficient (Wildman–Crippen LogP) is 4.18. The first-order chi connectivity index (χ1) is 13.3. The number of ether oxygens (including phenoxy) is 1. The number of nitrogens with zero attached hydrogens (tertiary/aromatic N) is 2. The minimum Gasteiger partial charge on any atom is -0.466 e. The second-order valence-electron chi connectivity index (χ2n) is 7.37. The molecular formula is C23H26N2O3. The van der Waals surface area contributed by atoms with Crippen LogP contribution in [0.4, 0.5) is 0 Å². The van der Waals surface area contributed by atoms with E-state index in [1.807, 2.05) is 34.9 Å². The van der Waals surface area contributed by atoms with Gasteiger partial charge in [-0.15, -0.1) is 0 Å². The largest absolute Gasteiger partial charge is 0.466 e. The second kappa shape index (κ2) is 7.98. The quantitative estimate of drug-likeness (QED) is 0.654. The van der Waals surface area contributed by atoms with Gasteiger partial charge in [0.2, 0.25) is 0 Å². The molecule has 0 radical (unpaired) electrons. The van der Waals surface area contributed by atoms with Crippen LogP contribution in [0.2, 0.25) is 0 Å². The van der Waals surface area contributed by atoms with E-state index in [1.54, 1.807) is 27.0 Å². The summed E-state index contributed by atoms with van der Waals surface area (Å²) in [5, 5.41) is 10.3. The van der Waals surface area contributed by atoms with Crippen LogP contribution in [-0.4, -0.2) is 27.2 Å². The summed E-state index contributed by atoms with van der Waals surface area (Å²) in [5.74, 6) is 0.201. The molecule has 3 rings (SSSR count). The molecule has 0 aliphatic rings. The van der Waals surface area contributed by atoms with Crippen LogP contribution < -0.4 is 0 Å². The van der Waals surface area contributed by atoms with Crippen molar-refractivity contribution in [3.63, 3.8) is 0 Å². The van der Waals surface area contributed by atoms with E-state index in [-0.39, 0.29) is 12.4 Å². The van der Waals surface area contributed by atoms with Crippen LogP contribution in [0, 0.1) is 6.92 Å². The number of carbonyl (C=O) groups excluding carboxylic acids is 1. The predicted molar refractivity (Wildman–Crippen MR) is 109 cm³/mol. The summed E-state index contributed by atoms with van der Waals surface area (Å²) in [6.45, 7) is 7.52. The number of aliphatic hydroxyl groups is 1. The topological polar surface area (TPSA) is 64.3 Å². The van der Waals surface area contributed by atoms with Gasteiger partial charge in [-0.1, -0.05) is 42.0 Å². The number of imidazole rings is 1. The van der Waals surface area contributed by atoms with Gasteiger partial charge in [-0.2, -0.15) is 0 Å². The van der Waals surface area contributed by atoms with Crippen LogP contribution >= 0.6 is 0 Å². The molecule has 146 valence electrons. The normalized spacial score (nSPS) is 11.5. The number of benzene rings is 2. The molecule has 1 N–H and O–H groups in total. The standard InChI is InChI=1S/C23H26N2O3/c1-5-28-22(26)14-21-24-20(23(3,4)27)15-25(21)19-11-9-17(10-12-19)18-8-6-7-16(2)13-18/h6-13,15,27H,5,14H2,1-4H3. The van der Waals surface area contributed by atoms with E-state index in [0.717, 1.165) is 16.8 Å². The first-order valence-corrected chi connectivity index (χ1v) is 9.42. The lowest BCUT2D eigenvalue weighted by Gasteiger charge is -2.13. The zero-order valence-corrected chi connectivity index (χ0v) is 16.8. The van der Waals surface area contributed by atoms with Crippen LogP contribution in [0.1, 0.15) is 37.9 Å². The van der Waals surface area contributed by atoms with Gasteiger partial charge in [-0.25, -0.2) is 4.98 Å². The third kappa shape index (κ3) is 4.49. The molecule has 5 heteroatoms. The Morgan fingerprint density at radius 1 is 1.14 bits per heavy atom. The molecular weight excluding hydrogens is 352 g/mol. The molecule has 0 atom stereocenters. The van der Waals surface area contributed by atoms with Crippen LogP contribution in [-0.2, 0) is 21.6 Å². The molecule has 0 aliphatic heterocycles. The maximum Gasteiger partial charge on any atom is 0.313 e. The molecule has 2 aromatic carbocycles. The molecule has 0 saturated heterocycles. The van der Waals surface area contributed by atoms with E-state index in [4.69, 9.17) is 4.74 Å². The summed E-state index contributed by atoms with van der Waals surface area (Å²) in [6, 6.07) is 16.4. The summed E-state index contributed by atoms with van der Waals surface area (Å²) in [5.41, 5.74) is 3.76. The van der Waals surface area contributed by atoms with Crippen LogP contribution in [0.15, 0.2) is 54.7 Å². The molecule has 0 bridgehead atoms. The number of aryl methyl sites for hydroxylation is 1. The highest BCUT2D eigenvalue weighted by Crippen LogP contribution is 2.25. The van der Waals surface area contributed by atoms with Gasteiger partial charge < -0.3 is 14.4 Å². The van der Waals surface area contributed by atoms with E-state index in [2.05, 4.69) is 30.1 Å². The van der Waals surface area contributed by atoms with Crippen molar-refractivity contribution in [2.45, 2.75) is 39.7 Å². The first kappa shape index (κ1) is 19.8. The van der Waals surface area contributed by atoms with Crippen molar-refractivity contribution in [1.82, 2.24) is 9.55 Å². The molecule has 0 unspecified atom stereocenters. The Balaban J connectivity index is 1.97. The summed E-state index contributed by atoms with van der Waals surface area (Å²) >= 11 is 0. The number of rotatable bonds is 6. The summed E-state index contributed by atoms with van der Waals surface area (Å²) < 4.78 is 6.90. The summed E-state index contributed by atoms with van der Waals surface area (Å²) in [7, 11) is 0. The van der Waals surface area contributed by atoms with Gasteiger partial charge in [-0.05, 0) is 51.0 Å². The van der Waals surface area contributed by atoms with Crippen LogP contribution in [0.5, 0.6) is 0 Å². The van der Waals surface area contributed by atoms with Crippen molar-refractivity contribution in [2.24, 2.45) is 0 Å². The average Bonchev–Trinajstić information content (AvgIpc) is 3.06. The highest BCUT2D eigenvalue weighted by atomic mass is 16.5. The zero-order valence-electron chi connectivity index (χ0n) is 16.8. The van der Waals surface area contributed by atoms with Crippen LogP contribution in [0.3, 0.4) is 0 Å². The molecule has 1 heterocycles. The monoisotopic (exact) mass is 378 g/mol. The van der Waals surface area contributed by atoms with E-state index < -0.39 is 5.60 Å². The highest BCUT2D eigenvalue weighted by molar-refractivity contribution is 5.72. The Morgan fingerprint density at radius 3 is 2.46 bits per heavy atom. The van der Waals surface area contributed by atoms with Gasteiger partial charge in [0, 0.05) is 11.9 Å². The van der Waals surface area contributed by atoms with Gasteiger partial charge in [0.1, 0.15) is 17.8 Å². The summed E-state index contributed by atoms with van der Waals surface area (Å²) in [4.78, 5) is 16.5. The number of hydrogen-bond acceptors (Lipinski definition) is 4. The maximum absolute atomic E-state index is 12.0. The Kier molecular flexibility index (Phi) is 5.66. The van der Waals surface area contributed by atoms with Gasteiger partial charge in [0.25, 0.3) is 0 Å². The smallest absolute Gasteiger partial charge is 0.313 e. The Morgan fingerprint density at radius 2 is 1.86 bits per heavy atom. The minimum absolute atomic E-state index is 0.0452. The molecule has 1 aromatic heterocycles. The molecule has 0 saturated carbocycles. The number of hydrogen-bond donors (Lipinski definition) is 1. The Labute approximate surface area is 165 Å². The molecule has 0 amide bonds. The SMILES string of the molecule is CCOC(=O)Cc1nc(C(C)(C)O)cn1-c1ccc(-c2cccc(C)c2)cc1. The fraction of sp³-hybridized carbons (Fsp3) is 0.304. The number of aromatic nitrogens is 2. The first-order valence-electron chi connectivity index (χ1n) is 9.42. The van der Waals surface area contributed by atoms with E-state index in [1.165, 1.54) is 5.56 Å². The Hall–Kier alpha value is -2.92. The molecule has 0 fully saturated rings. The number of esters is 1. The minimum atomic E-state index is -1.10. The molecule has 3 aromatic rings. The average molecular weight is 378 g/mol. The molecule has 28 heavy (non-hydrogen) atoms. The lowest BCUT2D eigenvalue weighted by atomic mass is 10.0. The zero-order chi connectivity index (χ0) is 20.3. The van der Waals surface area contributed by atoms with Crippen molar-refractivity contribution in [1.29, 1.82) is 0 Å². The van der Waals surface area contributed by atoms with Crippen LogP contribution in [0.25, 0.3) is 16.8 Å². The Bertz CT molecular complexity index is 966. The molecule has 5 nitrogen and oxygen atoms in total. The molecule has 0 spiro atoms. The fourth-order valence-corrected chi connectivity index (χ4v) is 3.04. The summed E-state index contributed by atoms with van der Waals surface area (Å²) in [6.07, 6.45) is 1.82. The lowest BCUT2D eigenvalue weighted by molar-refractivity contribution is -0.142. The van der Waals surface area contributed by atoms with Crippen molar-refractivity contribution >= 4 is 5.97 Å². The van der Waals surface area contributed by atoms with Crippen molar-refractivity contribution in [3.05, 3.63) is 71.8 Å².